The number of fused-ring (bicyclic) bond motifs is 1. The van der Waals surface area contributed by atoms with E-state index in [1.807, 2.05) is 24.3 Å². The highest BCUT2D eigenvalue weighted by Gasteiger charge is 2.49. The van der Waals surface area contributed by atoms with Crippen molar-refractivity contribution >= 4 is 46.4 Å². The second-order valence-corrected chi connectivity index (χ2v) is 8.00. The molecule has 0 saturated heterocycles. The third kappa shape index (κ3) is 4.43. The van der Waals surface area contributed by atoms with E-state index >= 15 is 0 Å². The van der Waals surface area contributed by atoms with E-state index in [0.717, 1.165) is 22.4 Å². The molecule has 5 rings (SSSR count). The number of carbonyl (C=O) groups is 1. The lowest BCUT2D eigenvalue weighted by Gasteiger charge is -2.29. The fraction of sp³-hybridized carbons (Fsp3) is 0.0435. The standard InChI is InChI=1S/C20H15NO3.C3Cl3N3/c22-15-9-5-13(6-10-15)20(14-7-11-16(23)12-8-14)17-3-1-2-4-18(17)21-19(20)24;4-1-7-2(5)9-3(6)8-1/h1-12,22-23H,(H,21,24);. The third-order valence-electron chi connectivity index (χ3n) is 5.07. The molecule has 1 aliphatic rings. The molecule has 0 bridgehead atoms. The Bertz CT molecular complexity index is 1220. The number of nitrogens with one attached hydrogen (secondary N) is 1. The van der Waals surface area contributed by atoms with Crippen LogP contribution in [0.3, 0.4) is 0 Å². The van der Waals surface area contributed by atoms with Crippen molar-refractivity contribution in [1.29, 1.82) is 0 Å². The number of anilines is 1. The summed E-state index contributed by atoms with van der Waals surface area (Å²) in [6.07, 6.45) is 0. The van der Waals surface area contributed by atoms with E-state index < -0.39 is 5.41 Å². The Morgan fingerprint density at radius 3 is 1.55 bits per heavy atom. The number of rotatable bonds is 2. The second-order valence-electron chi connectivity index (χ2n) is 6.99. The lowest BCUT2D eigenvalue weighted by molar-refractivity contribution is -0.118. The number of carbonyl (C=O) groups excluding carboxylic acids is 1. The van der Waals surface area contributed by atoms with Gasteiger partial charge in [-0.2, -0.15) is 15.0 Å². The maximum Gasteiger partial charge on any atom is 0.244 e. The van der Waals surface area contributed by atoms with Gasteiger partial charge in [0.2, 0.25) is 21.8 Å². The molecule has 3 aromatic carbocycles. The molecule has 2 heterocycles. The molecular weight excluding hydrogens is 487 g/mol. The fourth-order valence-corrected chi connectivity index (χ4v) is 4.33. The molecule has 0 radical (unpaired) electrons. The van der Waals surface area contributed by atoms with E-state index in [9.17, 15) is 15.0 Å². The highest BCUT2D eigenvalue weighted by atomic mass is 35.5. The molecule has 0 saturated carbocycles. The molecule has 166 valence electrons. The monoisotopic (exact) mass is 500 g/mol. The molecule has 0 aliphatic carbocycles. The van der Waals surface area contributed by atoms with Crippen LogP contribution in [0.2, 0.25) is 15.9 Å². The number of para-hydroxylation sites is 1. The van der Waals surface area contributed by atoms with Crippen LogP contribution in [0.4, 0.5) is 5.69 Å². The van der Waals surface area contributed by atoms with Gasteiger partial charge in [-0.05, 0) is 76.3 Å². The molecule has 1 aromatic heterocycles. The number of aromatic hydroxyl groups is 2. The number of halogens is 3. The summed E-state index contributed by atoms with van der Waals surface area (Å²) in [6, 6.07) is 20.9. The minimum atomic E-state index is -1.02. The Morgan fingerprint density at radius 1 is 0.667 bits per heavy atom. The summed E-state index contributed by atoms with van der Waals surface area (Å²) >= 11 is 16.0. The highest BCUT2D eigenvalue weighted by Crippen LogP contribution is 2.47. The van der Waals surface area contributed by atoms with Crippen molar-refractivity contribution in [1.82, 2.24) is 15.0 Å². The predicted molar refractivity (Wildman–Crippen MR) is 126 cm³/mol. The Kier molecular flexibility index (Phi) is 6.37. The van der Waals surface area contributed by atoms with Crippen LogP contribution in [0.5, 0.6) is 11.5 Å². The SMILES string of the molecule is Clc1nc(Cl)nc(Cl)n1.O=C1Nc2ccccc2C1(c1ccc(O)cc1)c1ccc(O)cc1. The summed E-state index contributed by atoms with van der Waals surface area (Å²) < 4.78 is 0. The van der Waals surface area contributed by atoms with Crippen molar-refractivity contribution in [2.75, 3.05) is 5.32 Å². The summed E-state index contributed by atoms with van der Waals surface area (Å²) in [5.41, 5.74) is 2.12. The number of amides is 1. The van der Waals surface area contributed by atoms with Crippen LogP contribution in [-0.4, -0.2) is 31.1 Å². The van der Waals surface area contributed by atoms with Crippen LogP contribution in [0.1, 0.15) is 16.7 Å². The van der Waals surface area contributed by atoms with Crippen molar-refractivity contribution in [3.63, 3.8) is 0 Å². The van der Waals surface area contributed by atoms with Crippen LogP contribution >= 0.6 is 34.8 Å². The molecule has 0 spiro atoms. The van der Waals surface area contributed by atoms with Crippen molar-refractivity contribution in [3.05, 3.63) is 105 Å². The smallest absolute Gasteiger partial charge is 0.244 e. The number of benzene rings is 3. The van der Waals surface area contributed by atoms with Crippen molar-refractivity contribution in [2.24, 2.45) is 0 Å². The molecule has 1 amide bonds. The Balaban J connectivity index is 0.000000243. The molecule has 3 N–H and O–H groups in total. The first-order chi connectivity index (χ1) is 15.8. The fourth-order valence-electron chi connectivity index (χ4n) is 3.72. The zero-order valence-electron chi connectivity index (χ0n) is 16.7. The molecular formula is C23H15Cl3N4O3. The van der Waals surface area contributed by atoms with Crippen LogP contribution in [-0.2, 0) is 10.2 Å². The van der Waals surface area contributed by atoms with Crippen molar-refractivity contribution in [2.45, 2.75) is 5.41 Å². The molecule has 4 aromatic rings. The normalized spacial score (nSPS) is 13.5. The molecule has 10 heteroatoms. The lowest BCUT2D eigenvalue weighted by Crippen LogP contribution is -2.36. The largest absolute Gasteiger partial charge is 0.508 e. The molecule has 0 fully saturated rings. The Labute approximate surface area is 203 Å². The maximum absolute atomic E-state index is 13.1. The molecule has 7 nitrogen and oxygen atoms in total. The maximum atomic E-state index is 13.1. The minimum absolute atomic E-state index is 0.000000000000000444. The lowest BCUT2D eigenvalue weighted by atomic mass is 9.70. The van der Waals surface area contributed by atoms with Crippen LogP contribution < -0.4 is 5.32 Å². The summed E-state index contributed by atoms with van der Waals surface area (Å²) in [5.74, 6) is 0.137. The average Bonchev–Trinajstić information content (AvgIpc) is 3.07. The molecule has 33 heavy (non-hydrogen) atoms. The number of nitrogens with zero attached hydrogens (tertiary/aromatic N) is 3. The van der Waals surface area contributed by atoms with E-state index in [0.29, 0.717) is 0 Å². The van der Waals surface area contributed by atoms with Gasteiger partial charge < -0.3 is 15.5 Å². The number of phenols is 2. The van der Waals surface area contributed by atoms with E-state index in [-0.39, 0.29) is 33.3 Å². The van der Waals surface area contributed by atoms with Gasteiger partial charge in [0.25, 0.3) is 0 Å². The van der Waals surface area contributed by atoms with E-state index in [1.165, 1.54) is 0 Å². The first-order valence-corrected chi connectivity index (χ1v) is 10.7. The summed E-state index contributed by atoms with van der Waals surface area (Å²) in [7, 11) is 0. The van der Waals surface area contributed by atoms with Gasteiger partial charge in [-0.1, -0.05) is 42.5 Å². The van der Waals surface area contributed by atoms with Gasteiger partial charge in [-0.15, -0.1) is 0 Å². The first-order valence-electron chi connectivity index (χ1n) is 9.53. The number of hydrogen-bond acceptors (Lipinski definition) is 6. The summed E-state index contributed by atoms with van der Waals surface area (Å²) in [6.45, 7) is 0. The first kappa shape index (κ1) is 22.8. The van der Waals surface area contributed by atoms with Gasteiger partial charge in [0.15, 0.2) is 0 Å². The van der Waals surface area contributed by atoms with Gasteiger partial charge in [-0.25, -0.2) is 0 Å². The predicted octanol–water partition coefficient (Wildman–Crippen LogP) is 5.22. The number of hydrogen-bond donors (Lipinski definition) is 3. The van der Waals surface area contributed by atoms with Gasteiger partial charge in [0.05, 0.1) is 0 Å². The summed E-state index contributed by atoms with van der Waals surface area (Å²) in [4.78, 5) is 23.5. The average molecular weight is 502 g/mol. The Hall–Kier alpha value is -3.39. The highest BCUT2D eigenvalue weighted by molar-refractivity contribution is 6.33. The summed E-state index contributed by atoms with van der Waals surface area (Å²) in [5, 5.41) is 22.2. The quantitative estimate of drug-likeness (QED) is 0.348. The zero-order chi connectivity index (χ0) is 23.6. The topological polar surface area (TPSA) is 108 Å². The molecule has 0 atom stereocenters. The van der Waals surface area contributed by atoms with Gasteiger partial charge in [0.1, 0.15) is 16.9 Å². The van der Waals surface area contributed by atoms with E-state index in [4.69, 9.17) is 34.8 Å². The second kappa shape index (κ2) is 9.23. The number of aromatic nitrogens is 3. The van der Waals surface area contributed by atoms with Crippen LogP contribution in [0, 0.1) is 0 Å². The van der Waals surface area contributed by atoms with Gasteiger partial charge in [0, 0.05) is 11.3 Å². The molecule has 1 aliphatic heterocycles. The Morgan fingerprint density at radius 2 is 1.09 bits per heavy atom. The number of phenolic OH excluding ortho intramolecular Hbond substituents is 2. The van der Waals surface area contributed by atoms with Crippen molar-refractivity contribution in [3.8, 4) is 11.5 Å². The third-order valence-corrected chi connectivity index (χ3v) is 5.58. The molecule has 0 unspecified atom stereocenters. The van der Waals surface area contributed by atoms with Gasteiger partial charge >= 0.3 is 0 Å². The van der Waals surface area contributed by atoms with Crippen LogP contribution in [0.15, 0.2) is 72.8 Å². The van der Waals surface area contributed by atoms with Crippen molar-refractivity contribution < 1.29 is 15.0 Å². The van der Waals surface area contributed by atoms with Crippen LogP contribution in [0.25, 0.3) is 0 Å². The van der Waals surface area contributed by atoms with Gasteiger partial charge in [-0.3, -0.25) is 4.79 Å². The van der Waals surface area contributed by atoms with E-state index in [1.54, 1.807) is 48.5 Å². The van der Waals surface area contributed by atoms with E-state index in [2.05, 4.69) is 20.3 Å². The zero-order valence-corrected chi connectivity index (χ0v) is 19.0. The minimum Gasteiger partial charge on any atom is -0.508 e.